The Morgan fingerprint density at radius 1 is 1.11 bits per heavy atom. The van der Waals surface area contributed by atoms with Crippen molar-refractivity contribution in [1.82, 2.24) is 5.32 Å². The molecule has 1 saturated heterocycles. The minimum Gasteiger partial charge on any atom is -0.457 e. The van der Waals surface area contributed by atoms with Crippen molar-refractivity contribution in [2.45, 2.75) is 32.2 Å². The first-order valence-electron chi connectivity index (χ1n) is 9.54. The highest BCUT2D eigenvalue weighted by atomic mass is 16.5. The van der Waals surface area contributed by atoms with Crippen LogP contribution in [0.15, 0.2) is 48.5 Å². The molecule has 2 atom stereocenters. The average Bonchev–Trinajstić information content (AvgIpc) is 2.69. The average molecular weight is 368 g/mol. The fourth-order valence-electron chi connectivity index (χ4n) is 3.30. The molecule has 0 aliphatic carbocycles. The third kappa shape index (κ3) is 5.81. The van der Waals surface area contributed by atoms with E-state index >= 15 is 0 Å². The van der Waals surface area contributed by atoms with Crippen LogP contribution in [0.3, 0.4) is 0 Å². The van der Waals surface area contributed by atoms with E-state index in [1.165, 1.54) is 5.56 Å². The molecule has 5 heteroatoms. The first-order valence-corrected chi connectivity index (χ1v) is 9.54. The zero-order valence-corrected chi connectivity index (χ0v) is 16.0. The number of hydrogen-bond donors (Lipinski definition) is 2. The van der Waals surface area contributed by atoms with Crippen molar-refractivity contribution in [2.24, 2.45) is 5.92 Å². The van der Waals surface area contributed by atoms with E-state index in [4.69, 9.17) is 9.47 Å². The number of carbonyl (C=O) groups is 1. The first-order chi connectivity index (χ1) is 13.1. The summed E-state index contributed by atoms with van der Waals surface area (Å²) in [5.74, 6) is 1.71. The normalized spacial score (nSPS) is 19.5. The summed E-state index contributed by atoms with van der Waals surface area (Å²) in [6.45, 7) is 3.73. The van der Waals surface area contributed by atoms with E-state index in [0.29, 0.717) is 12.6 Å². The van der Waals surface area contributed by atoms with Gasteiger partial charge in [0, 0.05) is 24.8 Å². The Morgan fingerprint density at radius 3 is 2.41 bits per heavy atom. The molecule has 1 fully saturated rings. The van der Waals surface area contributed by atoms with Gasteiger partial charge in [0.1, 0.15) is 11.5 Å². The number of piperidine rings is 1. The van der Waals surface area contributed by atoms with Crippen LogP contribution in [0.25, 0.3) is 0 Å². The van der Waals surface area contributed by atoms with Crippen molar-refractivity contribution in [3.8, 4) is 11.5 Å². The van der Waals surface area contributed by atoms with Gasteiger partial charge in [-0.15, -0.1) is 0 Å². The Bertz CT molecular complexity index is 728. The summed E-state index contributed by atoms with van der Waals surface area (Å²) in [4.78, 5) is 12.4. The van der Waals surface area contributed by atoms with Crippen LogP contribution in [-0.4, -0.2) is 32.2 Å². The van der Waals surface area contributed by atoms with Gasteiger partial charge < -0.3 is 20.1 Å². The van der Waals surface area contributed by atoms with Crippen molar-refractivity contribution >= 4 is 11.6 Å². The molecular weight excluding hydrogens is 340 g/mol. The van der Waals surface area contributed by atoms with Crippen LogP contribution in [-0.2, 0) is 16.0 Å². The summed E-state index contributed by atoms with van der Waals surface area (Å²) in [6, 6.07) is 15.9. The highest BCUT2D eigenvalue weighted by Crippen LogP contribution is 2.24. The lowest BCUT2D eigenvalue weighted by atomic mass is 9.92. The smallest absolute Gasteiger partial charge is 0.227 e. The highest BCUT2D eigenvalue weighted by molar-refractivity contribution is 5.92. The lowest BCUT2D eigenvalue weighted by Gasteiger charge is -2.27. The first kappa shape index (κ1) is 19.4. The van der Waals surface area contributed by atoms with Crippen molar-refractivity contribution < 1.29 is 14.3 Å². The molecule has 1 aliphatic heterocycles. The maximum Gasteiger partial charge on any atom is 0.227 e. The quantitative estimate of drug-likeness (QED) is 0.776. The number of hydrogen-bond acceptors (Lipinski definition) is 4. The number of amides is 1. The van der Waals surface area contributed by atoms with Gasteiger partial charge in [-0.1, -0.05) is 12.1 Å². The van der Waals surface area contributed by atoms with Crippen LogP contribution in [0.2, 0.25) is 0 Å². The van der Waals surface area contributed by atoms with Crippen LogP contribution in [0.1, 0.15) is 25.3 Å². The van der Waals surface area contributed by atoms with Crippen LogP contribution in [0, 0.1) is 5.92 Å². The summed E-state index contributed by atoms with van der Waals surface area (Å²) in [7, 11) is 1.70. The summed E-state index contributed by atoms with van der Waals surface area (Å²) >= 11 is 0. The summed E-state index contributed by atoms with van der Waals surface area (Å²) in [5, 5.41) is 6.39. The Morgan fingerprint density at radius 2 is 1.78 bits per heavy atom. The van der Waals surface area contributed by atoms with Gasteiger partial charge >= 0.3 is 0 Å². The van der Waals surface area contributed by atoms with Gasteiger partial charge in [0.2, 0.25) is 5.91 Å². The van der Waals surface area contributed by atoms with E-state index < -0.39 is 0 Å². The number of nitrogens with one attached hydrogen (secondary N) is 2. The Kier molecular flexibility index (Phi) is 6.85. The van der Waals surface area contributed by atoms with Crippen molar-refractivity contribution in [3.63, 3.8) is 0 Å². The zero-order valence-electron chi connectivity index (χ0n) is 16.0. The van der Waals surface area contributed by atoms with E-state index in [-0.39, 0.29) is 11.8 Å². The fraction of sp³-hybridized carbons (Fsp3) is 0.409. The summed E-state index contributed by atoms with van der Waals surface area (Å²) in [5.41, 5.74) is 2.02. The number of methoxy groups -OCH3 is 1. The van der Waals surface area contributed by atoms with Gasteiger partial charge in [0.25, 0.3) is 0 Å². The number of carbonyl (C=O) groups excluding carboxylic acids is 1. The molecule has 0 bridgehead atoms. The molecule has 0 spiro atoms. The zero-order chi connectivity index (χ0) is 19.1. The molecule has 1 amide bonds. The highest BCUT2D eigenvalue weighted by Gasteiger charge is 2.24. The molecule has 0 unspecified atom stereocenters. The second-order valence-electron chi connectivity index (χ2n) is 7.08. The maximum atomic E-state index is 12.4. The molecule has 2 aromatic carbocycles. The molecular formula is C22H28N2O3. The molecule has 3 rings (SSSR count). The number of rotatable bonds is 7. The molecule has 0 aromatic heterocycles. The Balaban J connectivity index is 1.53. The molecule has 2 aromatic rings. The largest absolute Gasteiger partial charge is 0.457 e. The van der Waals surface area contributed by atoms with Gasteiger partial charge in [0.05, 0.1) is 6.61 Å². The topological polar surface area (TPSA) is 59.6 Å². The minimum absolute atomic E-state index is 0.0776. The standard InChI is InChI=1S/C22H28N2O3/c1-16-15-18(11-13-23-16)22(25)24-19-5-9-21(10-6-19)27-20-7-3-17(4-8-20)12-14-26-2/h3-10,16,18,23H,11-15H2,1-2H3,(H,24,25)/t16-,18-/m0/s1. The Labute approximate surface area is 161 Å². The van der Waals surface area contributed by atoms with E-state index in [1.54, 1.807) is 7.11 Å². The predicted octanol–water partition coefficient (Wildman–Crippen LogP) is 3.99. The van der Waals surface area contributed by atoms with Gasteiger partial charge in [-0.3, -0.25) is 4.79 Å². The van der Waals surface area contributed by atoms with Crippen molar-refractivity contribution in [2.75, 3.05) is 25.6 Å². The van der Waals surface area contributed by atoms with Gasteiger partial charge in [-0.05, 0) is 74.7 Å². The van der Waals surface area contributed by atoms with E-state index in [9.17, 15) is 4.79 Å². The van der Waals surface area contributed by atoms with Gasteiger partial charge in [-0.25, -0.2) is 0 Å². The van der Waals surface area contributed by atoms with Crippen LogP contribution >= 0.6 is 0 Å². The molecule has 2 N–H and O–H groups in total. The molecule has 5 nitrogen and oxygen atoms in total. The SMILES string of the molecule is COCCc1ccc(Oc2ccc(NC(=O)[C@H]3CCN[C@@H](C)C3)cc2)cc1. The molecule has 1 heterocycles. The van der Waals surface area contributed by atoms with Gasteiger partial charge in [0.15, 0.2) is 0 Å². The summed E-state index contributed by atoms with van der Waals surface area (Å²) in [6.07, 6.45) is 2.66. The van der Waals surface area contributed by atoms with E-state index in [0.717, 1.165) is 43.0 Å². The van der Waals surface area contributed by atoms with Crippen molar-refractivity contribution in [1.29, 1.82) is 0 Å². The molecule has 1 aliphatic rings. The third-order valence-electron chi connectivity index (χ3n) is 4.87. The molecule has 0 saturated carbocycles. The predicted molar refractivity (Wildman–Crippen MR) is 107 cm³/mol. The fourth-order valence-corrected chi connectivity index (χ4v) is 3.30. The lowest BCUT2D eigenvalue weighted by molar-refractivity contribution is -0.120. The minimum atomic E-state index is 0.0776. The molecule has 144 valence electrons. The molecule has 27 heavy (non-hydrogen) atoms. The van der Waals surface area contributed by atoms with Crippen LogP contribution in [0.5, 0.6) is 11.5 Å². The summed E-state index contributed by atoms with van der Waals surface area (Å²) < 4.78 is 11.0. The van der Waals surface area contributed by atoms with Crippen molar-refractivity contribution in [3.05, 3.63) is 54.1 Å². The maximum absolute atomic E-state index is 12.4. The number of benzene rings is 2. The number of ether oxygens (including phenoxy) is 2. The van der Waals surface area contributed by atoms with Crippen LogP contribution < -0.4 is 15.4 Å². The Hall–Kier alpha value is -2.37. The van der Waals surface area contributed by atoms with E-state index in [1.807, 2.05) is 48.5 Å². The van der Waals surface area contributed by atoms with E-state index in [2.05, 4.69) is 17.6 Å². The number of anilines is 1. The lowest BCUT2D eigenvalue weighted by Crippen LogP contribution is -2.40. The molecule has 0 radical (unpaired) electrons. The van der Waals surface area contributed by atoms with Crippen LogP contribution in [0.4, 0.5) is 5.69 Å². The third-order valence-corrected chi connectivity index (χ3v) is 4.87. The second-order valence-corrected chi connectivity index (χ2v) is 7.08. The monoisotopic (exact) mass is 368 g/mol. The second kappa shape index (κ2) is 9.53. The van der Waals surface area contributed by atoms with Gasteiger partial charge in [-0.2, -0.15) is 0 Å².